The summed E-state index contributed by atoms with van der Waals surface area (Å²) in [6, 6.07) is 4.82. The summed E-state index contributed by atoms with van der Waals surface area (Å²) in [6.07, 6.45) is 5.38. The van der Waals surface area contributed by atoms with Crippen molar-refractivity contribution in [3.8, 4) is 11.3 Å². The lowest BCUT2D eigenvalue weighted by Crippen LogP contribution is -2.46. The summed E-state index contributed by atoms with van der Waals surface area (Å²) in [6.45, 7) is 8.59. The highest BCUT2D eigenvalue weighted by Crippen LogP contribution is 2.30. The standard InChI is InChI=1S/C21H25FN6/c1-15-12-18(22)4-5-19(15)20-21(24-7-6-23-20)28-10-8-27(9-11-28)14-17-13-25-26(3)16(17)2/h4-7,12-13H,8-11,14H2,1-3H3. The van der Waals surface area contributed by atoms with Gasteiger partial charge in [0.1, 0.15) is 11.5 Å². The largest absolute Gasteiger partial charge is 0.352 e. The normalized spacial score (nSPS) is 15.2. The molecule has 1 saturated heterocycles. The number of hydrogen-bond donors (Lipinski definition) is 0. The molecule has 0 saturated carbocycles. The van der Waals surface area contributed by atoms with Crippen LogP contribution in [0.15, 0.2) is 36.8 Å². The molecule has 3 aromatic rings. The molecule has 6 nitrogen and oxygen atoms in total. The second-order valence-electron chi connectivity index (χ2n) is 7.33. The molecule has 146 valence electrons. The molecule has 0 amide bonds. The molecule has 0 aliphatic carbocycles. The zero-order valence-electron chi connectivity index (χ0n) is 16.6. The molecule has 0 N–H and O–H groups in total. The monoisotopic (exact) mass is 380 g/mol. The van der Waals surface area contributed by atoms with Crippen molar-refractivity contribution in [3.05, 3.63) is 59.4 Å². The number of hydrogen-bond acceptors (Lipinski definition) is 5. The van der Waals surface area contributed by atoms with Gasteiger partial charge in [-0.2, -0.15) is 5.10 Å². The number of aromatic nitrogens is 4. The van der Waals surface area contributed by atoms with Crippen LogP contribution < -0.4 is 4.90 Å². The molecule has 1 aliphatic heterocycles. The predicted octanol–water partition coefficient (Wildman–Crippen LogP) is 2.96. The van der Waals surface area contributed by atoms with Crippen molar-refractivity contribution >= 4 is 5.82 Å². The second-order valence-corrected chi connectivity index (χ2v) is 7.33. The first-order valence-corrected chi connectivity index (χ1v) is 9.55. The lowest BCUT2D eigenvalue weighted by molar-refractivity contribution is 0.249. The maximum Gasteiger partial charge on any atom is 0.155 e. The molecule has 0 radical (unpaired) electrons. The van der Waals surface area contributed by atoms with Gasteiger partial charge >= 0.3 is 0 Å². The maximum atomic E-state index is 13.5. The zero-order chi connectivity index (χ0) is 19.7. The first-order chi connectivity index (χ1) is 13.5. The number of rotatable bonds is 4. The Morgan fingerprint density at radius 1 is 1.04 bits per heavy atom. The lowest BCUT2D eigenvalue weighted by Gasteiger charge is -2.36. The molecular weight excluding hydrogens is 355 g/mol. The summed E-state index contributed by atoms with van der Waals surface area (Å²) in [4.78, 5) is 13.9. The van der Waals surface area contributed by atoms with Crippen LogP contribution >= 0.6 is 0 Å². The lowest BCUT2D eigenvalue weighted by atomic mass is 10.0. The fraction of sp³-hybridized carbons (Fsp3) is 0.381. The van der Waals surface area contributed by atoms with Gasteiger partial charge in [-0.05, 0) is 37.6 Å². The van der Waals surface area contributed by atoms with Crippen LogP contribution in [0.3, 0.4) is 0 Å². The Morgan fingerprint density at radius 3 is 2.46 bits per heavy atom. The molecule has 1 aromatic carbocycles. The first kappa shape index (κ1) is 18.6. The third-order valence-electron chi connectivity index (χ3n) is 5.53. The Labute approximate surface area is 164 Å². The minimum Gasteiger partial charge on any atom is -0.352 e. The van der Waals surface area contributed by atoms with Gasteiger partial charge < -0.3 is 4.90 Å². The van der Waals surface area contributed by atoms with E-state index in [1.807, 2.05) is 24.9 Å². The van der Waals surface area contributed by atoms with Crippen molar-refractivity contribution in [1.29, 1.82) is 0 Å². The van der Waals surface area contributed by atoms with Crippen molar-refractivity contribution in [3.63, 3.8) is 0 Å². The van der Waals surface area contributed by atoms with Gasteiger partial charge in [0, 0.05) is 69.0 Å². The SMILES string of the molecule is Cc1cc(F)ccc1-c1nccnc1N1CCN(Cc2cnn(C)c2C)CC1. The first-order valence-electron chi connectivity index (χ1n) is 9.55. The zero-order valence-corrected chi connectivity index (χ0v) is 16.6. The topological polar surface area (TPSA) is 50.1 Å². The number of halogens is 1. The summed E-state index contributed by atoms with van der Waals surface area (Å²) in [5.74, 6) is 0.639. The summed E-state index contributed by atoms with van der Waals surface area (Å²) in [5.41, 5.74) is 5.10. The van der Waals surface area contributed by atoms with Crippen LogP contribution in [0.25, 0.3) is 11.3 Å². The van der Waals surface area contributed by atoms with E-state index in [1.165, 1.54) is 17.3 Å². The van der Waals surface area contributed by atoms with Crippen LogP contribution in [-0.2, 0) is 13.6 Å². The molecule has 0 unspecified atom stereocenters. The van der Waals surface area contributed by atoms with E-state index in [0.29, 0.717) is 0 Å². The van der Waals surface area contributed by atoms with Gasteiger partial charge in [0.25, 0.3) is 0 Å². The van der Waals surface area contributed by atoms with E-state index in [-0.39, 0.29) is 5.82 Å². The van der Waals surface area contributed by atoms with Crippen LogP contribution in [0.5, 0.6) is 0 Å². The van der Waals surface area contributed by atoms with Crippen LogP contribution in [-0.4, -0.2) is 50.8 Å². The highest BCUT2D eigenvalue weighted by molar-refractivity contribution is 5.74. The highest BCUT2D eigenvalue weighted by Gasteiger charge is 2.22. The van der Waals surface area contributed by atoms with Crippen molar-refractivity contribution in [2.75, 3.05) is 31.1 Å². The smallest absolute Gasteiger partial charge is 0.155 e. The van der Waals surface area contributed by atoms with Gasteiger partial charge in [-0.25, -0.2) is 9.37 Å². The third-order valence-corrected chi connectivity index (χ3v) is 5.53. The van der Waals surface area contributed by atoms with E-state index in [4.69, 9.17) is 0 Å². The quantitative estimate of drug-likeness (QED) is 0.697. The Kier molecular flexibility index (Phi) is 5.09. The molecule has 1 fully saturated rings. The van der Waals surface area contributed by atoms with E-state index in [1.54, 1.807) is 24.5 Å². The third kappa shape index (κ3) is 3.62. The number of aryl methyl sites for hydroxylation is 2. The molecule has 2 aromatic heterocycles. The molecule has 0 bridgehead atoms. The second kappa shape index (κ2) is 7.67. The van der Waals surface area contributed by atoms with E-state index in [0.717, 1.165) is 55.4 Å². The van der Waals surface area contributed by atoms with E-state index < -0.39 is 0 Å². The van der Waals surface area contributed by atoms with Gasteiger partial charge in [-0.15, -0.1) is 0 Å². The van der Waals surface area contributed by atoms with Crippen LogP contribution in [0.2, 0.25) is 0 Å². The number of anilines is 1. The van der Waals surface area contributed by atoms with E-state index >= 15 is 0 Å². The molecule has 0 atom stereocenters. The van der Waals surface area contributed by atoms with Gasteiger partial charge in [0.15, 0.2) is 5.82 Å². The maximum absolute atomic E-state index is 13.5. The van der Waals surface area contributed by atoms with Gasteiger partial charge in [0.05, 0.1) is 6.20 Å². The number of benzene rings is 1. The van der Waals surface area contributed by atoms with Crippen LogP contribution in [0.4, 0.5) is 10.2 Å². The molecule has 1 aliphatic rings. The predicted molar refractivity (Wildman–Crippen MR) is 108 cm³/mol. The molecule has 3 heterocycles. The Bertz CT molecular complexity index is 975. The highest BCUT2D eigenvalue weighted by atomic mass is 19.1. The van der Waals surface area contributed by atoms with Gasteiger partial charge in [-0.1, -0.05) is 0 Å². The van der Waals surface area contributed by atoms with Gasteiger partial charge in [-0.3, -0.25) is 14.6 Å². The van der Waals surface area contributed by atoms with E-state index in [9.17, 15) is 4.39 Å². The molecular formula is C21H25FN6. The van der Waals surface area contributed by atoms with Crippen LogP contribution in [0, 0.1) is 19.7 Å². The van der Waals surface area contributed by atoms with E-state index in [2.05, 4.69) is 31.8 Å². The summed E-state index contributed by atoms with van der Waals surface area (Å²) in [7, 11) is 1.98. The minimum atomic E-state index is -0.231. The molecule has 28 heavy (non-hydrogen) atoms. The number of nitrogens with zero attached hydrogens (tertiary/aromatic N) is 6. The van der Waals surface area contributed by atoms with Gasteiger partial charge in [0.2, 0.25) is 0 Å². The molecule has 0 spiro atoms. The summed E-state index contributed by atoms with van der Waals surface area (Å²) in [5, 5.41) is 4.34. The Balaban J connectivity index is 1.50. The molecule has 7 heteroatoms. The average Bonchev–Trinajstić information content (AvgIpc) is 3.01. The van der Waals surface area contributed by atoms with Crippen molar-refractivity contribution in [1.82, 2.24) is 24.6 Å². The minimum absolute atomic E-state index is 0.231. The van der Waals surface area contributed by atoms with Crippen LogP contribution in [0.1, 0.15) is 16.8 Å². The van der Waals surface area contributed by atoms with Crippen molar-refractivity contribution in [2.45, 2.75) is 20.4 Å². The average molecular weight is 380 g/mol. The number of piperazine rings is 1. The van der Waals surface area contributed by atoms with Crippen molar-refractivity contribution in [2.24, 2.45) is 7.05 Å². The fourth-order valence-corrected chi connectivity index (χ4v) is 3.70. The Morgan fingerprint density at radius 2 is 1.79 bits per heavy atom. The fourth-order valence-electron chi connectivity index (χ4n) is 3.70. The Hall–Kier alpha value is -2.80. The molecule has 4 rings (SSSR count). The summed E-state index contributed by atoms with van der Waals surface area (Å²) < 4.78 is 15.4. The summed E-state index contributed by atoms with van der Waals surface area (Å²) >= 11 is 0. The van der Waals surface area contributed by atoms with Crippen molar-refractivity contribution < 1.29 is 4.39 Å².